The summed E-state index contributed by atoms with van der Waals surface area (Å²) < 4.78 is 5.57. The minimum absolute atomic E-state index is 0.0205. The molecule has 1 aromatic rings. The van der Waals surface area contributed by atoms with Crippen molar-refractivity contribution in [1.82, 2.24) is 9.97 Å². The van der Waals surface area contributed by atoms with Crippen molar-refractivity contribution in [2.45, 2.75) is 39.4 Å². The van der Waals surface area contributed by atoms with E-state index in [2.05, 4.69) is 14.9 Å². The molecule has 2 unspecified atom stereocenters. The topological polar surface area (TPSA) is 84.5 Å². The first-order chi connectivity index (χ1) is 8.99. The summed E-state index contributed by atoms with van der Waals surface area (Å²) in [6.45, 7) is 7.37. The first kappa shape index (κ1) is 13.9. The maximum absolute atomic E-state index is 9.77. The molecule has 0 bridgehead atoms. The molecule has 0 radical (unpaired) electrons. The summed E-state index contributed by atoms with van der Waals surface area (Å²) in [7, 11) is 0. The summed E-state index contributed by atoms with van der Waals surface area (Å²) in [5, 5.41) is 9.77. The Morgan fingerprint density at radius 1 is 1.47 bits per heavy atom. The van der Waals surface area contributed by atoms with Gasteiger partial charge in [0.2, 0.25) is 5.88 Å². The van der Waals surface area contributed by atoms with Crippen molar-refractivity contribution in [2.24, 2.45) is 5.92 Å². The number of aliphatic hydroxyl groups is 1. The van der Waals surface area contributed by atoms with E-state index < -0.39 is 0 Å². The van der Waals surface area contributed by atoms with E-state index >= 15 is 0 Å². The number of rotatable bonds is 3. The highest BCUT2D eigenvalue weighted by molar-refractivity contribution is 5.67. The summed E-state index contributed by atoms with van der Waals surface area (Å²) in [6.07, 6.45) is 1.97. The second kappa shape index (κ2) is 5.61. The van der Waals surface area contributed by atoms with E-state index in [1.54, 1.807) is 0 Å². The maximum atomic E-state index is 9.77. The third kappa shape index (κ3) is 3.07. The molecule has 1 saturated heterocycles. The van der Waals surface area contributed by atoms with Crippen molar-refractivity contribution >= 4 is 11.5 Å². The van der Waals surface area contributed by atoms with Crippen LogP contribution in [0.4, 0.5) is 11.5 Å². The van der Waals surface area contributed by atoms with E-state index in [0.717, 1.165) is 19.5 Å². The summed E-state index contributed by atoms with van der Waals surface area (Å²) in [5.41, 5.74) is 6.56. The molecule has 6 nitrogen and oxygen atoms in total. The minimum Gasteiger partial charge on any atom is -0.473 e. The van der Waals surface area contributed by atoms with Crippen molar-refractivity contribution in [2.75, 3.05) is 23.7 Å². The first-order valence-corrected chi connectivity index (χ1v) is 6.69. The van der Waals surface area contributed by atoms with Gasteiger partial charge < -0.3 is 20.5 Å². The number of aromatic nitrogens is 2. The van der Waals surface area contributed by atoms with Gasteiger partial charge in [-0.05, 0) is 26.2 Å². The number of nitrogens with zero attached hydrogens (tertiary/aromatic N) is 3. The molecule has 1 aliphatic heterocycles. The van der Waals surface area contributed by atoms with Gasteiger partial charge in [-0.2, -0.15) is 4.98 Å². The Hall–Kier alpha value is -1.56. The molecule has 1 aliphatic rings. The van der Waals surface area contributed by atoms with E-state index in [4.69, 9.17) is 10.5 Å². The standard InChI is InChI=1S/C13H22N4O2/c1-8(2)19-13-11(14)12(15-7-16-13)17-5-4-10(18)9(3)6-17/h7-10,18H,4-6,14H2,1-3H3. The molecule has 0 aromatic carbocycles. The Morgan fingerprint density at radius 2 is 2.21 bits per heavy atom. The molecule has 3 N–H and O–H groups in total. The van der Waals surface area contributed by atoms with Crippen LogP contribution < -0.4 is 15.4 Å². The first-order valence-electron chi connectivity index (χ1n) is 6.69. The number of nitrogen functional groups attached to an aromatic ring is 1. The van der Waals surface area contributed by atoms with Crippen molar-refractivity contribution in [3.63, 3.8) is 0 Å². The van der Waals surface area contributed by atoms with E-state index in [1.807, 2.05) is 20.8 Å². The van der Waals surface area contributed by atoms with Crippen LogP contribution in [0, 0.1) is 5.92 Å². The minimum atomic E-state index is -0.245. The zero-order chi connectivity index (χ0) is 14.0. The largest absolute Gasteiger partial charge is 0.473 e. The Morgan fingerprint density at radius 3 is 2.84 bits per heavy atom. The molecule has 0 spiro atoms. The monoisotopic (exact) mass is 266 g/mol. The number of anilines is 2. The SMILES string of the molecule is CC(C)Oc1ncnc(N2CCC(O)C(C)C2)c1N. The van der Waals surface area contributed by atoms with Crippen molar-refractivity contribution in [1.29, 1.82) is 0 Å². The number of piperidine rings is 1. The summed E-state index contributed by atoms with van der Waals surface area (Å²) >= 11 is 0. The molecule has 6 heteroatoms. The zero-order valence-corrected chi connectivity index (χ0v) is 11.7. The lowest BCUT2D eigenvalue weighted by Crippen LogP contribution is -2.42. The quantitative estimate of drug-likeness (QED) is 0.850. The Balaban J connectivity index is 2.20. The van der Waals surface area contributed by atoms with Crippen LogP contribution in [0.3, 0.4) is 0 Å². The van der Waals surface area contributed by atoms with Crippen LogP contribution in [-0.2, 0) is 0 Å². The fourth-order valence-corrected chi connectivity index (χ4v) is 2.27. The normalized spacial score (nSPS) is 23.7. The lowest BCUT2D eigenvalue weighted by atomic mass is 9.97. The van der Waals surface area contributed by atoms with Crippen molar-refractivity contribution < 1.29 is 9.84 Å². The van der Waals surface area contributed by atoms with Gasteiger partial charge in [-0.1, -0.05) is 6.92 Å². The van der Waals surface area contributed by atoms with Crippen LogP contribution >= 0.6 is 0 Å². The van der Waals surface area contributed by atoms with Crippen LogP contribution in [0.2, 0.25) is 0 Å². The van der Waals surface area contributed by atoms with E-state index in [-0.39, 0.29) is 18.1 Å². The third-order valence-corrected chi connectivity index (χ3v) is 3.33. The summed E-state index contributed by atoms with van der Waals surface area (Å²) in [4.78, 5) is 10.4. The number of ether oxygens (including phenoxy) is 1. The summed E-state index contributed by atoms with van der Waals surface area (Å²) in [5.74, 6) is 1.33. The molecule has 0 saturated carbocycles. The molecular formula is C13H22N4O2. The molecule has 1 aromatic heterocycles. The van der Waals surface area contributed by atoms with Crippen LogP contribution in [-0.4, -0.2) is 40.4 Å². The van der Waals surface area contributed by atoms with Crippen LogP contribution in [0.25, 0.3) is 0 Å². The Labute approximate surface area is 113 Å². The van der Waals surface area contributed by atoms with Crippen LogP contribution in [0.1, 0.15) is 27.2 Å². The molecule has 2 heterocycles. The van der Waals surface area contributed by atoms with Gasteiger partial charge in [0.25, 0.3) is 0 Å². The fourth-order valence-electron chi connectivity index (χ4n) is 2.27. The van der Waals surface area contributed by atoms with Gasteiger partial charge in [-0.3, -0.25) is 0 Å². The third-order valence-electron chi connectivity index (χ3n) is 3.33. The van der Waals surface area contributed by atoms with Gasteiger partial charge >= 0.3 is 0 Å². The van der Waals surface area contributed by atoms with Gasteiger partial charge in [0, 0.05) is 13.1 Å². The van der Waals surface area contributed by atoms with E-state index in [0.29, 0.717) is 17.4 Å². The number of nitrogens with two attached hydrogens (primary N) is 1. The van der Waals surface area contributed by atoms with Gasteiger partial charge in [-0.15, -0.1) is 0 Å². The van der Waals surface area contributed by atoms with E-state index in [1.165, 1.54) is 6.33 Å². The van der Waals surface area contributed by atoms with Crippen LogP contribution in [0.15, 0.2) is 6.33 Å². The van der Waals surface area contributed by atoms with Crippen LogP contribution in [0.5, 0.6) is 5.88 Å². The zero-order valence-electron chi connectivity index (χ0n) is 11.7. The highest BCUT2D eigenvalue weighted by Gasteiger charge is 2.27. The van der Waals surface area contributed by atoms with Gasteiger partial charge in [-0.25, -0.2) is 4.98 Å². The maximum Gasteiger partial charge on any atom is 0.242 e. The lowest BCUT2D eigenvalue weighted by molar-refractivity contribution is 0.0969. The summed E-state index contributed by atoms with van der Waals surface area (Å²) in [6, 6.07) is 0. The lowest BCUT2D eigenvalue weighted by Gasteiger charge is -2.35. The molecule has 106 valence electrons. The highest BCUT2D eigenvalue weighted by Crippen LogP contribution is 2.31. The Bertz CT molecular complexity index is 439. The smallest absolute Gasteiger partial charge is 0.242 e. The second-order valence-electron chi connectivity index (χ2n) is 5.36. The Kier molecular flexibility index (Phi) is 4.09. The number of aliphatic hydroxyl groups excluding tert-OH is 1. The molecule has 1 fully saturated rings. The fraction of sp³-hybridized carbons (Fsp3) is 0.692. The highest BCUT2D eigenvalue weighted by atomic mass is 16.5. The molecule has 0 amide bonds. The van der Waals surface area contributed by atoms with Gasteiger partial charge in [0.15, 0.2) is 5.82 Å². The predicted molar refractivity (Wildman–Crippen MR) is 74.2 cm³/mol. The van der Waals surface area contributed by atoms with Crippen molar-refractivity contribution in [3.8, 4) is 5.88 Å². The molecule has 0 aliphatic carbocycles. The molecular weight excluding hydrogens is 244 g/mol. The number of hydrogen-bond acceptors (Lipinski definition) is 6. The molecule has 2 atom stereocenters. The van der Waals surface area contributed by atoms with Crippen molar-refractivity contribution in [3.05, 3.63) is 6.33 Å². The van der Waals surface area contributed by atoms with E-state index in [9.17, 15) is 5.11 Å². The molecule has 2 rings (SSSR count). The average Bonchev–Trinajstić information content (AvgIpc) is 2.35. The van der Waals surface area contributed by atoms with Gasteiger partial charge in [0.1, 0.15) is 12.0 Å². The number of hydrogen-bond donors (Lipinski definition) is 2. The second-order valence-corrected chi connectivity index (χ2v) is 5.36. The van der Waals surface area contributed by atoms with Gasteiger partial charge in [0.05, 0.1) is 12.2 Å². The predicted octanol–water partition coefficient (Wildman–Crippen LogP) is 1.05. The average molecular weight is 266 g/mol. The molecule has 19 heavy (non-hydrogen) atoms.